The predicted molar refractivity (Wildman–Crippen MR) is 78.7 cm³/mol. The van der Waals surface area contributed by atoms with Crippen molar-refractivity contribution in [3.63, 3.8) is 0 Å². The molecule has 0 radical (unpaired) electrons. The normalized spacial score (nSPS) is 18.0. The molecule has 20 heavy (non-hydrogen) atoms. The van der Waals surface area contributed by atoms with E-state index in [0.717, 1.165) is 22.0 Å². The number of hydrogen-bond donors (Lipinski definition) is 1. The topological polar surface area (TPSA) is 49.4 Å². The third kappa shape index (κ3) is 1.93. The summed E-state index contributed by atoms with van der Waals surface area (Å²) in [4.78, 5) is 25.2. The average molecular weight is 268 g/mol. The van der Waals surface area contributed by atoms with Crippen molar-refractivity contribution in [1.29, 1.82) is 0 Å². The molecule has 0 saturated heterocycles. The SMILES string of the molecule is CC(=O)N[C@H]1Cc2c(ccc3ccccc23)N(C)C1=O. The number of rotatable bonds is 1. The summed E-state index contributed by atoms with van der Waals surface area (Å²) < 4.78 is 0. The maximum atomic E-state index is 12.3. The van der Waals surface area contributed by atoms with Crippen molar-refractivity contribution in [3.8, 4) is 0 Å². The van der Waals surface area contributed by atoms with E-state index in [1.807, 2.05) is 24.3 Å². The Morgan fingerprint density at radius 2 is 2.00 bits per heavy atom. The number of carbonyl (C=O) groups is 2. The molecule has 4 heteroatoms. The Kier molecular flexibility index (Phi) is 2.93. The Morgan fingerprint density at radius 3 is 2.75 bits per heavy atom. The van der Waals surface area contributed by atoms with Gasteiger partial charge in [-0.05, 0) is 22.4 Å². The number of likely N-dealkylation sites (N-methyl/N-ethyl adjacent to an activating group) is 1. The highest BCUT2D eigenvalue weighted by Gasteiger charge is 2.31. The summed E-state index contributed by atoms with van der Waals surface area (Å²) in [5, 5.41) is 5.02. The van der Waals surface area contributed by atoms with E-state index in [2.05, 4.69) is 17.4 Å². The summed E-state index contributed by atoms with van der Waals surface area (Å²) in [5.41, 5.74) is 2.04. The molecule has 4 nitrogen and oxygen atoms in total. The largest absolute Gasteiger partial charge is 0.344 e. The molecule has 102 valence electrons. The van der Waals surface area contributed by atoms with Crippen LogP contribution in [0.5, 0.6) is 0 Å². The fourth-order valence-electron chi connectivity index (χ4n) is 2.86. The number of nitrogens with one attached hydrogen (secondary N) is 1. The molecular weight excluding hydrogens is 252 g/mol. The van der Waals surface area contributed by atoms with Crippen LogP contribution in [0.15, 0.2) is 36.4 Å². The standard InChI is InChI=1S/C16H16N2O2/c1-10(19)17-14-9-13-12-6-4-3-5-11(12)7-8-15(13)18(2)16(14)20/h3-8,14H,9H2,1-2H3,(H,17,19)/t14-/m0/s1. The van der Waals surface area contributed by atoms with Gasteiger partial charge in [0.2, 0.25) is 11.8 Å². The minimum atomic E-state index is -0.476. The van der Waals surface area contributed by atoms with Gasteiger partial charge in [0.05, 0.1) is 0 Å². The van der Waals surface area contributed by atoms with Gasteiger partial charge in [-0.25, -0.2) is 0 Å². The zero-order valence-electron chi connectivity index (χ0n) is 11.5. The van der Waals surface area contributed by atoms with Gasteiger partial charge in [-0.3, -0.25) is 9.59 Å². The lowest BCUT2D eigenvalue weighted by Crippen LogP contribution is -2.51. The molecule has 0 aromatic heterocycles. The van der Waals surface area contributed by atoms with Crippen LogP contribution in [-0.4, -0.2) is 24.9 Å². The van der Waals surface area contributed by atoms with E-state index >= 15 is 0 Å². The van der Waals surface area contributed by atoms with Crippen molar-refractivity contribution in [1.82, 2.24) is 5.32 Å². The molecule has 0 saturated carbocycles. The zero-order valence-corrected chi connectivity index (χ0v) is 11.5. The lowest BCUT2D eigenvalue weighted by molar-refractivity contribution is -0.126. The highest BCUT2D eigenvalue weighted by atomic mass is 16.2. The lowest BCUT2D eigenvalue weighted by atomic mass is 9.92. The Bertz CT molecular complexity index is 709. The second-order valence-electron chi connectivity index (χ2n) is 5.14. The van der Waals surface area contributed by atoms with Gasteiger partial charge in [0.15, 0.2) is 0 Å². The molecule has 0 spiro atoms. The van der Waals surface area contributed by atoms with Crippen molar-refractivity contribution in [2.45, 2.75) is 19.4 Å². The summed E-state index contributed by atoms with van der Waals surface area (Å²) in [5.74, 6) is -0.247. The Hall–Kier alpha value is -2.36. The first-order valence-electron chi connectivity index (χ1n) is 6.63. The van der Waals surface area contributed by atoms with Crippen LogP contribution in [0.25, 0.3) is 10.8 Å². The van der Waals surface area contributed by atoms with Crippen LogP contribution >= 0.6 is 0 Å². The minimum absolute atomic E-state index is 0.0667. The first-order valence-corrected chi connectivity index (χ1v) is 6.63. The number of carbonyl (C=O) groups excluding carboxylic acids is 2. The number of hydrogen-bond acceptors (Lipinski definition) is 2. The molecule has 2 amide bonds. The number of amides is 2. The van der Waals surface area contributed by atoms with E-state index in [1.165, 1.54) is 6.92 Å². The third-order valence-corrected chi connectivity index (χ3v) is 3.79. The monoisotopic (exact) mass is 268 g/mol. The molecule has 0 unspecified atom stereocenters. The van der Waals surface area contributed by atoms with E-state index in [4.69, 9.17) is 0 Å². The Labute approximate surface area is 117 Å². The van der Waals surface area contributed by atoms with E-state index in [-0.39, 0.29) is 11.8 Å². The molecule has 2 aromatic rings. The smallest absolute Gasteiger partial charge is 0.249 e. The summed E-state index contributed by atoms with van der Waals surface area (Å²) in [6.45, 7) is 1.44. The first-order chi connectivity index (χ1) is 9.58. The predicted octanol–water partition coefficient (Wildman–Crippen LogP) is 1.86. The summed E-state index contributed by atoms with van der Waals surface area (Å²) in [6, 6.07) is 11.6. The molecular formula is C16H16N2O2. The van der Waals surface area contributed by atoms with Crippen molar-refractivity contribution >= 4 is 28.3 Å². The zero-order chi connectivity index (χ0) is 14.3. The van der Waals surface area contributed by atoms with Gasteiger partial charge >= 0.3 is 0 Å². The molecule has 3 rings (SSSR count). The fraction of sp³-hybridized carbons (Fsp3) is 0.250. The molecule has 1 aliphatic heterocycles. The molecule has 0 aliphatic carbocycles. The van der Waals surface area contributed by atoms with Crippen LogP contribution in [-0.2, 0) is 16.0 Å². The number of benzene rings is 2. The maximum Gasteiger partial charge on any atom is 0.249 e. The van der Waals surface area contributed by atoms with Gasteiger partial charge in [-0.15, -0.1) is 0 Å². The second-order valence-corrected chi connectivity index (χ2v) is 5.14. The van der Waals surface area contributed by atoms with Crippen molar-refractivity contribution in [2.24, 2.45) is 0 Å². The second kappa shape index (κ2) is 4.63. The molecule has 0 fully saturated rings. The van der Waals surface area contributed by atoms with Gasteiger partial charge in [-0.2, -0.15) is 0 Å². The van der Waals surface area contributed by atoms with Crippen LogP contribution in [0.1, 0.15) is 12.5 Å². The van der Waals surface area contributed by atoms with E-state index in [9.17, 15) is 9.59 Å². The summed E-state index contributed by atoms with van der Waals surface area (Å²) in [6.07, 6.45) is 0.541. The van der Waals surface area contributed by atoms with Crippen LogP contribution < -0.4 is 10.2 Å². The van der Waals surface area contributed by atoms with Gasteiger partial charge < -0.3 is 10.2 Å². The van der Waals surface area contributed by atoms with Crippen molar-refractivity contribution in [3.05, 3.63) is 42.0 Å². The Balaban J connectivity index is 2.14. The number of anilines is 1. The summed E-state index contributed by atoms with van der Waals surface area (Å²) >= 11 is 0. The molecule has 0 bridgehead atoms. The van der Waals surface area contributed by atoms with Crippen molar-refractivity contribution in [2.75, 3.05) is 11.9 Å². The van der Waals surface area contributed by atoms with Crippen LogP contribution in [0.4, 0.5) is 5.69 Å². The highest BCUT2D eigenvalue weighted by Crippen LogP contribution is 2.33. The minimum Gasteiger partial charge on any atom is -0.344 e. The third-order valence-electron chi connectivity index (χ3n) is 3.79. The highest BCUT2D eigenvalue weighted by molar-refractivity contribution is 6.05. The maximum absolute atomic E-state index is 12.3. The quantitative estimate of drug-likeness (QED) is 0.858. The van der Waals surface area contributed by atoms with E-state index in [0.29, 0.717) is 6.42 Å². The molecule has 2 aromatic carbocycles. The average Bonchev–Trinajstić information content (AvgIpc) is 2.43. The van der Waals surface area contributed by atoms with Gasteiger partial charge in [0.1, 0.15) is 6.04 Å². The van der Waals surface area contributed by atoms with Gasteiger partial charge in [0.25, 0.3) is 0 Å². The van der Waals surface area contributed by atoms with Crippen LogP contribution in [0.2, 0.25) is 0 Å². The van der Waals surface area contributed by atoms with Crippen LogP contribution in [0.3, 0.4) is 0 Å². The summed E-state index contributed by atoms with van der Waals surface area (Å²) in [7, 11) is 1.75. The van der Waals surface area contributed by atoms with Gasteiger partial charge in [0, 0.05) is 26.1 Å². The molecule has 1 atom stereocenters. The number of nitrogens with zero attached hydrogens (tertiary/aromatic N) is 1. The van der Waals surface area contributed by atoms with Gasteiger partial charge in [-0.1, -0.05) is 30.3 Å². The van der Waals surface area contributed by atoms with Crippen molar-refractivity contribution < 1.29 is 9.59 Å². The molecule has 1 N–H and O–H groups in total. The first kappa shape index (κ1) is 12.7. The fourth-order valence-corrected chi connectivity index (χ4v) is 2.86. The van der Waals surface area contributed by atoms with E-state index in [1.54, 1.807) is 11.9 Å². The number of fused-ring (bicyclic) bond motifs is 3. The molecule has 1 heterocycles. The van der Waals surface area contributed by atoms with Crippen LogP contribution in [0, 0.1) is 0 Å². The Morgan fingerprint density at radius 1 is 1.25 bits per heavy atom. The molecule has 1 aliphatic rings. The lowest BCUT2D eigenvalue weighted by Gasteiger charge is -2.32. The van der Waals surface area contributed by atoms with E-state index < -0.39 is 6.04 Å².